The van der Waals surface area contributed by atoms with Crippen molar-refractivity contribution in [1.29, 1.82) is 0 Å². The van der Waals surface area contributed by atoms with Gasteiger partial charge in [0.25, 0.3) is 0 Å². The molecule has 0 radical (unpaired) electrons. The van der Waals surface area contributed by atoms with E-state index in [4.69, 9.17) is 5.11 Å². The number of nitrogens with one attached hydrogen (secondary N) is 1. The van der Waals surface area contributed by atoms with Crippen molar-refractivity contribution in [2.75, 3.05) is 0 Å². The Labute approximate surface area is 154 Å². The quantitative estimate of drug-likeness (QED) is 0.264. The molecule has 1 amide bonds. The summed E-state index contributed by atoms with van der Waals surface area (Å²) in [6, 6.07) is -0.839. The van der Waals surface area contributed by atoms with E-state index in [1.165, 1.54) is 90.0 Å². The molecule has 0 fully saturated rings. The fourth-order valence-corrected chi connectivity index (χ4v) is 2.79. The molecule has 1 atom stereocenters. The van der Waals surface area contributed by atoms with Crippen molar-refractivity contribution in [3.63, 3.8) is 0 Å². The maximum Gasteiger partial charge on any atom is 0.325 e. The van der Waals surface area contributed by atoms with Crippen molar-refractivity contribution in [3.8, 4) is 0 Å². The Hall–Kier alpha value is -1.32. The molecule has 0 aliphatic heterocycles. The number of rotatable bonds is 17. The van der Waals surface area contributed by atoms with Gasteiger partial charge in [-0.15, -0.1) is 0 Å². The number of aliphatic carboxylic acids is 1. The zero-order chi connectivity index (χ0) is 18.8. The Bertz CT molecular complexity index is 366. The molecule has 0 rings (SSSR count). The summed E-state index contributed by atoms with van der Waals surface area (Å²) in [7, 11) is 0. The van der Waals surface area contributed by atoms with E-state index in [-0.39, 0.29) is 5.91 Å². The standard InChI is InChI=1S/C21H39NO3/c1-3-4-5-6-7-8-9-10-11-12-13-14-15-16-17-18-20(23)22-19(2)21(24)25/h17-19H,3-16H2,1-2H3,(H,22,23)(H,24,25)/t19-/m0/s1. The van der Waals surface area contributed by atoms with Crippen LogP contribution >= 0.6 is 0 Å². The monoisotopic (exact) mass is 353 g/mol. The lowest BCUT2D eigenvalue weighted by atomic mass is 10.0. The number of allylic oxidation sites excluding steroid dienone is 1. The Morgan fingerprint density at radius 2 is 1.28 bits per heavy atom. The number of carboxylic acid groups (broad SMARTS) is 1. The van der Waals surface area contributed by atoms with Crippen molar-refractivity contribution in [3.05, 3.63) is 12.2 Å². The molecule has 4 nitrogen and oxygen atoms in total. The molecule has 0 spiro atoms. The van der Waals surface area contributed by atoms with E-state index in [1.54, 1.807) is 0 Å². The third-order valence-corrected chi connectivity index (χ3v) is 4.47. The fraction of sp³-hybridized carbons (Fsp3) is 0.810. The summed E-state index contributed by atoms with van der Waals surface area (Å²) < 4.78 is 0. The number of unbranched alkanes of at least 4 members (excludes halogenated alkanes) is 13. The first-order valence-electron chi connectivity index (χ1n) is 10.3. The van der Waals surface area contributed by atoms with Crippen LogP contribution in [0.2, 0.25) is 0 Å². The number of hydrogen-bond acceptors (Lipinski definition) is 2. The Morgan fingerprint density at radius 1 is 0.840 bits per heavy atom. The lowest BCUT2D eigenvalue weighted by Crippen LogP contribution is -2.37. The number of carbonyl (C=O) groups is 2. The molecule has 146 valence electrons. The van der Waals surface area contributed by atoms with Gasteiger partial charge < -0.3 is 10.4 Å². The second-order valence-electron chi connectivity index (χ2n) is 7.00. The molecule has 2 N–H and O–H groups in total. The van der Waals surface area contributed by atoms with Gasteiger partial charge in [0.2, 0.25) is 5.91 Å². The highest BCUT2D eigenvalue weighted by atomic mass is 16.4. The molecule has 0 bridgehead atoms. The molecule has 0 unspecified atom stereocenters. The first-order chi connectivity index (χ1) is 12.1. The van der Waals surface area contributed by atoms with E-state index in [9.17, 15) is 9.59 Å². The van der Waals surface area contributed by atoms with E-state index in [0.29, 0.717) is 0 Å². The van der Waals surface area contributed by atoms with Gasteiger partial charge in [-0.1, -0.05) is 90.0 Å². The fourth-order valence-electron chi connectivity index (χ4n) is 2.79. The van der Waals surface area contributed by atoms with E-state index in [2.05, 4.69) is 12.2 Å². The van der Waals surface area contributed by atoms with Gasteiger partial charge in [0.1, 0.15) is 6.04 Å². The predicted octanol–water partition coefficient (Wildman–Crippen LogP) is 5.61. The molecule has 0 saturated carbocycles. The molecular weight excluding hydrogens is 314 g/mol. The molecule has 0 aromatic carbocycles. The van der Waals surface area contributed by atoms with Crippen molar-refractivity contribution in [2.45, 2.75) is 110 Å². The van der Waals surface area contributed by atoms with Crippen LogP contribution in [0.1, 0.15) is 104 Å². The van der Waals surface area contributed by atoms with Gasteiger partial charge in [0, 0.05) is 0 Å². The van der Waals surface area contributed by atoms with Gasteiger partial charge in [0.15, 0.2) is 0 Å². The SMILES string of the molecule is CCCCCCCCCCCCCCCC=CC(=O)N[C@@H](C)C(=O)O. The van der Waals surface area contributed by atoms with Gasteiger partial charge in [-0.05, 0) is 25.8 Å². The molecule has 0 aliphatic rings. The summed E-state index contributed by atoms with van der Waals surface area (Å²) in [6.07, 6.45) is 21.5. The van der Waals surface area contributed by atoms with Crippen LogP contribution in [0.25, 0.3) is 0 Å². The largest absolute Gasteiger partial charge is 0.480 e. The summed E-state index contributed by atoms with van der Waals surface area (Å²) in [5.41, 5.74) is 0. The number of carbonyl (C=O) groups excluding carboxylic acids is 1. The highest BCUT2D eigenvalue weighted by molar-refractivity contribution is 5.90. The maximum atomic E-state index is 11.4. The lowest BCUT2D eigenvalue weighted by molar-refractivity contribution is -0.140. The highest BCUT2D eigenvalue weighted by Crippen LogP contribution is 2.12. The minimum absolute atomic E-state index is 0.329. The zero-order valence-electron chi connectivity index (χ0n) is 16.4. The summed E-state index contributed by atoms with van der Waals surface area (Å²) in [5, 5.41) is 11.1. The second kappa shape index (κ2) is 17.5. The third-order valence-electron chi connectivity index (χ3n) is 4.47. The van der Waals surface area contributed by atoms with Crippen LogP contribution in [0, 0.1) is 0 Å². The van der Waals surface area contributed by atoms with Crippen LogP contribution in [0.3, 0.4) is 0 Å². The molecule has 4 heteroatoms. The van der Waals surface area contributed by atoms with Crippen LogP contribution in [0.4, 0.5) is 0 Å². The van der Waals surface area contributed by atoms with Gasteiger partial charge in [-0.25, -0.2) is 0 Å². The van der Waals surface area contributed by atoms with Gasteiger partial charge in [-0.3, -0.25) is 9.59 Å². The summed E-state index contributed by atoms with van der Waals surface area (Å²) in [4.78, 5) is 22.0. The molecule has 0 aromatic heterocycles. The number of carboxylic acids is 1. The second-order valence-corrected chi connectivity index (χ2v) is 7.00. The number of hydrogen-bond donors (Lipinski definition) is 2. The molecule has 0 aliphatic carbocycles. The van der Waals surface area contributed by atoms with Crippen molar-refractivity contribution < 1.29 is 14.7 Å². The molecule has 0 aromatic rings. The van der Waals surface area contributed by atoms with Crippen LogP contribution < -0.4 is 5.32 Å². The summed E-state index contributed by atoms with van der Waals surface area (Å²) in [6.45, 7) is 3.72. The Morgan fingerprint density at radius 3 is 1.72 bits per heavy atom. The molecule has 0 saturated heterocycles. The first-order valence-corrected chi connectivity index (χ1v) is 10.3. The smallest absolute Gasteiger partial charge is 0.325 e. The summed E-state index contributed by atoms with van der Waals surface area (Å²) in [5.74, 6) is -1.34. The van der Waals surface area contributed by atoms with Crippen LogP contribution in [-0.2, 0) is 9.59 Å². The van der Waals surface area contributed by atoms with Crippen LogP contribution in [0.5, 0.6) is 0 Å². The molecule has 0 heterocycles. The normalized spacial score (nSPS) is 12.4. The molecule has 25 heavy (non-hydrogen) atoms. The average Bonchev–Trinajstić information content (AvgIpc) is 2.58. The zero-order valence-corrected chi connectivity index (χ0v) is 16.4. The summed E-state index contributed by atoms with van der Waals surface area (Å²) >= 11 is 0. The maximum absolute atomic E-state index is 11.4. The van der Waals surface area contributed by atoms with E-state index in [0.717, 1.165) is 12.8 Å². The Balaban J connectivity index is 3.29. The average molecular weight is 354 g/mol. The Kier molecular flexibility index (Phi) is 16.6. The van der Waals surface area contributed by atoms with E-state index >= 15 is 0 Å². The minimum Gasteiger partial charge on any atom is -0.480 e. The van der Waals surface area contributed by atoms with Crippen LogP contribution in [0.15, 0.2) is 12.2 Å². The third kappa shape index (κ3) is 17.3. The lowest BCUT2D eigenvalue weighted by Gasteiger charge is -2.05. The van der Waals surface area contributed by atoms with Gasteiger partial charge in [-0.2, -0.15) is 0 Å². The topological polar surface area (TPSA) is 66.4 Å². The van der Waals surface area contributed by atoms with Crippen LogP contribution in [-0.4, -0.2) is 23.0 Å². The van der Waals surface area contributed by atoms with E-state index in [1.807, 2.05) is 6.08 Å². The van der Waals surface area contributed by atoms with E-state index < -0.39 is 12.0 Å². The van der Waals surface area contributed by atoms with Gasteiger partial charge in [0.05, 0.1) is 0 Å². The van der Waals surface area contributed by atoms with Crippen molar-refractivity contribution in [1.82, 2.24) is 5.32 Å². The van der Waals surface area contributed by atoms with Crippen molar-refractivity contribution >= 4 is 11.9 Å². The predicted molar refractivity (Wildman–Crippen MR) is 105 cm³/mol. The molecular formula is C21H39NO3. The highest BCUT2D eigenvalue weighted by Gasteiger charge is 2.11. The number of amides is 1. The van der Waals surface area contributed by atoms with Gasteiger partial charge >= 0.3 is 5.97 Å². The minimum atomic E-state index is -1.02. The van der Waals surface area contributed by atoms with Crippen molar-refractivity contribution in [2.24, 2.45) is 0 Å². The first kappa shape index (κ1) is 23.7.